The van der Waals surface area contributed by atoms with Gasteiger partial charge in [-0.05, 0) is 55.8 Å². The maximum atomic E-state index is 12.0. The van der Waals surface area contributed by atoms with Gasteiger partial charge in [-0.25, -0.2) is 4.79 Å². The van der Waals surface area contributed by atoms with Crippen molar-refractivity contribution in [1.82, 2.24) is 14.8 Å². The van der Waals surface area contributed by atoms with E-state index in [1.807, 2.05) is 44.2 Å². The van der Waals surface area contributed by atoms with E-state index in [1.165, 1.54) is 7.05 Å². The van der Waals surface area contributed by atoms with E-state index in [4.69, 9.17) is 11.6 Å². The Morgan fingerprint density at radius 3 is 2.35 bits per heavy atom. The van der Waals surface area contributed by atoms with Crippen molar-refractivity contribution in [3.8, 4) is 5.69 Å². The number of carbonyl (C=O) groups is 2. The first-order valence-corrected chi connectivity index (χ1v) is 7.52. The Morgan fingerprint density at radius 1 is 1.13 bits per heavy atom. The predicted octanol–water partition coefficient (Wildman–Crippen LogP) is 3.27. The molecule has 23 heavy (non-hydrogen) atoms. The summed E-state index contributed by atoms with van der Waals surface area (Å²) in [5.74, 6) is -0.328. The summed E-state index contributed by atoms with van der Waals surface area (Å²) in [6.45, 7) is 3.96. The maximum Gasteiger partial charge on any atom is 0.328 e. The van der Waals surface area contributed by atoms with Gasteiger partial charge < -0.3 is 9.88 Å². The van der Waals surface area contributed by atoms with Gasteiger partial charge >= 0.3 is 6.03 Å². The Kier molecular flexibility index (Phi) is 3.74. The van der Waals surface area contributed by atoms with Crippen LogP contribution in [0.15, 0.2) is 36.0 Å². The Balaban J connectivity index is 2.03. The molecule has 2 aromatic rings. The van der Waals surface area contributed by atoms with E-state index in [-0.39, 0.29) is 11.6 Å². The molecule has 1 fully saturated rings. The summed E-state index contributed by atoms with van der Waals surface area (Å²) >= 11 is 5.94. The van der Waals surface area contributed by atoms with Crippen molar-refractivity contribution in [2.24, 2.45) is 0 Å². The molecular weight excluding hydrogens is 314 g/mol. The van der Waals surface area contributed by atoms with Gasteiger partial charge in [-0.2, -0.15) is 0 Å². The molecular formula is C17H16ClN3O2. The molecule has 0 saturated carbocycles. The first-order valence-electron chi connectivity index (χ1n) is 7.14. The van der Waals surface area contributed by atoms with E-state index >= 15 is 0 Å². The monoisotopic (exact) mass is 329 g/mol. The molecule has 0 aliphatic carbocycles. The van der Waals surface area contributed by atoms with Crippen LogP contribution in [0, 0.1) is 13.8 Å². The van der Waals surface area contributed by atoms with Crippen LogP contribution in [-0.2, 0) is 4.79 Å². The highest BCUT2D eigenvalue weighted by atomic mass is 35.5. The molecule has 0 atom stereocenters. The molecule has 2 heterocycles. The molecule has 6 heteroatoms. The van der Waals surface area contributed by atoms with Crippen LogP contribution in [0.5, 0.6) is 0 Å². The van der Waals surface area contributed by atoms with Gasteiger partial charge in [0.05, 0.1) is 0 Å². The van der Waals surface area contributed by atoms with Gasteiger partial charge in [-0.3, -0.25) is 9.69 Å². The van der Waals surface area contributed by atoms with Crippen molar-refractivity contribution >= 4 is 29.6 Å². The summed E-state index contributed by atoms with van der Waals surface area (Å²) < 4.78 is 2.08. The highest BCUT2D eigenvalue weighted by Crippen LogP contribution is 2.24. The lowest BCUT2D eigenvalue weighted by Crippen LogP contribution is -2.25. The number of halogens is 1. The van der Waals surface area contributed by atoms with Gasteiger partial charge in [0, 0.05) is 29.1 Å². The molecule has 1 aromatic heterocycles. The van der Waals surface area contributed by atoms with E-state index in [0.29, 0.717) is 5.02 Å². The first-order chi connectivity index (χ1) is 10.9. The molecule has 118 valence electrons. The van der Waals surface area contributed by atoms with E-state index < -0.39 is 6.03 Å². The highest BCUT2D eigenvalue weighted by molar-refractivity contribution is 6.30. The zero-order chi connectivity index (χ0) is 16.7. The number of nitrogens with zero attached hydrogens (tertiary/aromatic N) is 2. The smallest absolute Gasteiger partial charge is 0.318 e. The minimum atomic E-state index is -0.409. The topological polar surface area (TPSA) is 54.3 Å². The number of rotatable bonds is 2. The summed E-state index contributed by atoms with van der Waals surface area (Å²) in [4.78, 5) is 24.6. The van der Waals surface area contributed by atoms with Gasteiger partial charge in [0.15, 0.2) is 0 Å². The van der Waals surface area contributed by atoms with Crippen LogP contribution >= 0.6 is 11.6 Å². The molecule has 3 amide bonds. The fourth-order valence-electron chi connectivity index (χ4n) is 2.70. The minimum Gasteiger partial charge on any atom is -0.318 e. The third-order valence-electron chi connectivity index (χ3n) is 3.94. The van der Waals surface area contributed by atoms with Crippen molar-refractivity contribution in [3.63, 3.8) is 0 Å². The lowest BCUT2D eigenvalue weighted by atomic mass is 10.2. The molecule has 0 radical (unpaired) electrons. The lowest BCUT2D eigenvalue weighted by Gasteiger charge is -2.09. The maximum absolute atomic E-state index is 12.0. The van der Waals surface area contributed by atoms with Gasteiger partial charge in [-0.1, -0.05) is 11.6 Å². The standard InChI is InChI=1S/C17H16ClN3O2/c1-10-8-12(9-15-16(22)20(3)17(23)19-15)11(2)21(10)14-6-4-13(18)5-7-14/h4-9H,1-3H3,(H,19,23)/b15-9-. The third-order valence-corrected chi connectivity index (χ3v) is 4.19. The van der Waals surface area contributed by atoms with Crippen LogP contribution in [0.25, 0.3) is 11.8 Å². The lowest BCUT2D eigenvalue weighted by molar-refractivity contribution is -0.121. The number of carbonyl (C=O) groups excluding carboxylic acids is 2. The number of hydrogen-bond donors (Lipinski definition) is 1. The third kappa shape index (κ3) is 2.64. The number of imide groups is 1. The zero-order valence-electron chi connectivity index (χ0n) is 13.1. The zero-order valence-corrected chi connectivity index (χ0v) is 13.8. The summed E-state index contributed by atoms with van der Waals surface area (Å²) in [5.41, 5.74) is 4.17. The molecule has 1 aliphatic heterocycles. The summed E-state index contributed by atoms with van der Waals surface area (Å²) in [6.07, 6.45) is 1.71. The number of likely N-dealkylation sites (N-methyl/N-ethyl adjacent to an activating group) is 1. The van der Waals surface area contributed by atoms with Crippen LogP contribution < -0.4 is 5.32 Å². The van der Waals surface area contributed by atoms with Gasteiger partial charge in [0.2, 0.25) is 0 Å². The van der Waals surface area contributed by atoms with E-state index in [9.17, 15) is 9.59 Å². The molecule has 5 nitrogen and oxygen atoms in total. The Labute approximate surface area is 139 Å². The van der Waals surface area contributed by atoms with Crippen molar-refractivity contribution < 1.29 is 9.59 Å². The number of benzene rings is 1. The van der Waals surface area contributed by atoms with Crippen LogP contribution in [0.4, 0.5) is 4.79 Å². The van der Waals surface area contributed by atoms with Crippen molar-refractivity contribution in [1.29, 1.82) is 0 Å². The van der Waals surface area contributed by atoms with Crippen molar-refractivity contribution in [2.45, 2.75) is 13.8 Å². The SMILES string of the molecule is Cc1cc(/C=C2\NC(=O)N(C)C2=O)c(C)n1-c1ccc(Cl)cc1. The highest BCUT2D eigenvalue weighted by Gasteiger charge is 2.30. The molecule has 1 saturated heterocycles. The largest absolute Gasteiger partial charge is 0.328 e. The van der Waals surface area contributed by atoms with Crippen LogP contribution in [0.2, 0.25) is 5.02 Å². The quantitative estimate of drug-likeness (QED) is 0.679. The molecule has 1 N–H and O–H groups in total. The van der Waals surface area contributed by atoms with Gasteiger partial charge in [-0.15, -0.1) is 0 Å². The number of nitrogens with one attached hydrogen (secondary N) is 1. The number of aromatic nitrogens is 1. The average Bonchev–Trinajstić information content (AvgIpc) is 2.92. The summed E-state index contributed by atoms with van der Waals surface area (Å²) in [7, 11) is 1.45. The predicted molar refractivity (Wildman–Crippen MR) is 89.5 cm³/mol. The van der Waals surface area contributed by atoms with E-state index in [0.717, 1.165) is 27.5 Å². The molecule has 0 unspecified atom stereocenters. The van der Waals surface area contributed by atoms with Gasteiger partial charge in [0.25, 0.3) is 5.91 Å². The minimum absolute atomic E-state index is 0.286. The van der Waals surface area contributed by atoms with Crippen LogP contribution in [0.3, 0.4) is 0 Å². The fourth-order valence-corrected chi connectivity index (χ4v) is 2.83. The number of amides is 3. The fraction of sp³-hybridized carbons (Fsp3) is 0.176. The second kappa shape index (κ2) is 5.59. The normalized spacial score (nSPS) is 16.3. The van der Waals surface area contributed by atoms with Crippen LogP contribution in [-0.4, -0.2) is 28.5 Å². The molecule has 0 bridgehead atoms. The first kappa shape index (κ1) is 15.4. The number of aryl methyl sites for hydroxylation is 1. The number of hydrogen-bond acceptors (Lipinski definition) is 2. The molecule has 1 aromatic carbocycles. The second-order valence-electron chi connectivity index (χ2n) is 5.49. The Morgan fingerprint density at radius 2 is 1.78 bits per heavy atom. The molecule has 0 spiro atoms. The molecule has 3 rings (SSSR count). The van der Waals surface area contributed by atoms with E-state index in [2.05, 4.69) is 9.88 Å². The molecule has 1 aliphatic rings. The second-order valence-corrected chi connectivity index (χ2v) is 5.93. The van der Waals surface area contributed by atoms with Crippen LogP contribution in [0.1, 0.15) is 17.0 Å². The van der Waals surface area contributed by atoms with E-state index in [1.54, 1.807) is 6.08 Å². The Bertz CT molecular complexity index is 834. The Hall–Kier alpha value is -2.53. The van der Waals surface area contributed by atoms with Gasteiger partial charge in [0.1, 0.15) is 5.70 Å². The summed E-state index contributed by atoms with van der Waals surface area (Å²) in [5, 5.41) is 3.26. The summed E-state index contributed by atoms with van der Waals surface area (Å²) in [6, 6.07) is 9.13. The number of urea groups is 1. The van der Waals surface area contributed by atoms with Crippen molar-refractivity contribution in [3.05, 3.63) is 58.0 Å². The average molecular weight is 330 g/mol. The van der Waals surface area contributed by atoms with Crippen molar-refractivity contribution in [2.75, 3.05) is 7.05 Å².